The van der Waals surface area contributed by atoms with Crippen LogP contribution in [0.2, 0.25) is 0 Å². The Morgan fingerprint density at radius 2 is 0.984 bits per heavy atom. The maximum absolute atomic E-state index is 2.52. The number of benzene rings is 9. The van der Waals surface area contributed by atoms with E-state index in [4.69, 9.17) is 0 Å². The lowest BCUT2D eigenvalue weighted by molar-refractivity contribution is 0.717. The molecule has 2 aliphatic carbocycles. The Bertz CT molecular complexity index is 3600. The van der Waals surface area contributed by atoms with Gasteiger partial charge in [0.05, 0.1) is 22.0 Å². The van der Waals surface area contributed by atoms with Crippen LogP contribution in [-0.4, -0.2) is 9.13 Å². The highest BCUT2D eigenvalue weighted by atomic mass is 15.0. The Kier molecular flexibility index (Phi) is 8.20. The summed E-state index contributed by atoms with van der Waals surface area (Å²) in [6.45, 7) is 2.34. The molecule has 1 unspecified atom stereocenters. The summed E-state index contributed by atoms with van der Waals surface area (Å²) in [6, 6.07) is 81.1. The molecule has 0 saturated heterocycles. The fraction of sp³-hybridized carbons (Fsp3) is 0.0645. The quantitative estimate of drug-likeness (QED) is 0.158. The minimum atomic E-state index is -0.422. The zero-order valence-corrected chi connectivity index (χ0v) is 35.6. The van der Waals surface area contributed by atoms with Gasteiger partial charge in [-0.05, 0) is 134 Å². The van der Waals surface area contributed by atoms with Crippen molar-refractivity contribution in [1.29, 1.82) is 0 Å². The summed E-state index contributed by atoms with van der Waals surface area (Å²) < 4.78 is 4.94. The number of nitrogens with zero attached hydrogens (tertiary/aromatic N) is 2. The van der Waals surface area contributed by atoms with Crippen molar-refractivity contribution in [3.05, 3.63) is 258 Å². The summed E-state index contributed by atoms with van der Waals surface area (Å²) in [5, 5.41) is 3.84. The molecule has 2 nitrogen and oxygen atoms in total. The van der Waals surface area contributed by atoms with E-state index in [1.807, 2.05) is 0 Å². The largest absolute Gasteiger partial charge is 0.310 e. The highest BCUT2D eigenvalue weighted by Crippen LogP contribution is 2.56. The van der Waals surface area contributed by atoms with Crippen LogP contribution in [0.5, 0.6) is 0 Å². The van der Waals surface area contributed by atoms with Crippen LogP contribution in [0.1, 0.15) is 40.4 Å². The Balaban J connectivity index is 0.964. The van der Waals surface area contributed by atoms with Gasteiger partial charge in [0.15, 0.2) is 0 Å². The van der Waals surface area contributed by atoms with Gasteiger partial charge in [0.2, 0.25) is 0 Å². The molecule has 2 aliphatic rings. The van der Waals surface area contributed by atoms with Crippen LogP contribution in [-0.2, 0) is 11.8 Å². The van der Waals surface area contributed by atoms with Crippen molar-refractivity contribution in [2.24, 2.45) is 5.92 Å². The topological polar surface area (TPSA) is 9.86 Å². The van der Waals surface area contributed by atoms with E-state index in [9.17, 15) is 0 Å². The second-order valence-corrected chi connectivity index (χ2v) is 17.7. The van der Waals surface area contributed by atoms with Crippen molar-refractivity contribution in [2.75, 3.05) is 0 Å². The van der Waals surface area contributed by atoms with E-state index in [0.29, 0.717) is 5.92 Å². The monoisotopic (exact) mass is 816 g/mol. The summed E-state index contributed by atoms with van der Waals surface area (Å²) in [6.07, 6.45) is 5.76. The number of rotatable bonds is 6. The number of fused-ring (bicyclic) bond motifs is 9. The fourth-order valence-electron chi connectivity index (χ4n) is 11.3. The zero-order chi connectivity index (χ0) is 42.4. The molecule has 0 spiro atoms. The number of aromatic nitrogens is 2. The highest BCUT2D eigenvalue weighted by molar-refractivity contribution is 6.11. The van der Waals surface area contributed by atoms with Gasteiger partial charge >= 0.3 is 0 Å². The van der Waals surface area contributed by atoms with Crippen molar-refractivity contribution in [3.63, 3.8) is 0 Å². The first-order valence-electron chi connectivity index (χ1n) is 22.6. The van der Waals surface area contributed by atoms with E-state index >= 15 is 0 Å². The molecule has 0 bridgehead atoms. The zero-order valence-electron chi connectivity index (χ0n) is 35.6. The molecule has 0 radical (unpaired) electrons. The highest BCUT2D eigenvalue weighted by Gasteiger charge is 2.46. The lowest BCUT2D eigenvalue weighted by Crippen LogP contribution is -2.28. The van der Waals surface area contributed by atoms with Gasteiger partial charge in [-0.25, -0.2) is 0 Å². The third-order valence-electron chi connectivity index (χ3n) is 14.1. The number of para-hydroxylation sites is 1. The number of allylic oxidation sites excluding steroid dienone is 1. The van der Waals surface area contributed by atoms with Crippen molar-refractivity contribution in [3.8, 4) is 44.8 Å². The molecule has 2 heterocycles. The molecule has 9 aromatic carbocycles. The van der Waals surface area contributed by atoms with Crippen molar-refractivity contribution >= 4 is 38.8 Å². The van der Waals surface area contributed by atoms with Crippen LogP contribution in [0.15, 0.2) is 224 Å². The van der Waals surface area contributed by atoms with Crippen LogP contribution in [0.25, 0.3) is 83.5 Å². The number of hydrogen-bond donors (Lipinski definition) is 0. The average Bonchev–Trinajstić information content (AvgIpc) is 3.98. The van der Waals surface area contributed by atoms with Crippen molar-refractivity contribution < 1.29 is 0 Å². The minimum Gasteiger partial charge on any atom is -0.310 e. The maximum Gasteiger partial charge on any atom is 0.0713 e. The van der Waals surface area contributed by atoms with E-state index in [-0.39, 0.29) is 0 Å². The van der Waals surface area contributed by atoms with Crippen molar-refractivity contribution in [2.45, 2.75) is 18.8 Å². The Morgan fingerprint density at radius 3 is 1.75 bits per heavy atom. The molecule has 64 heavy (non-hydrogen) atoms. The second kappa shape index (κ2) is 14.3. The fourth-order valence-corrected chi connectivity index (χ4v) is 11.3. The molecule has 13 rings (SSSR count). The molecule has 0 aliphatic heterocycles. The predicted molar refractivity (Wildman–Crippen MR) is 268 cm³/mol. The van der Waals surface area contributed by atoms with E-state index in [0.717, 1.165) is 12.1 Å². The molecule has 0 saturated carbocycles. The molecule has 0 N–H and O–H groups in total. The summed E-state index contributed by atoms with van der Waals surface area (Å²) >= 11 is 0. The predicted octanol–water partition coefficient (Wildman–Crippen LogP) is 15.6. The standard InChI is InChI=1S/C62H44N2/c1-41-28-33-59-53(36-41)55-39-45(44-29-34-60-54(38-44)51-25-12-14-27-58(51)63(60)48-23-15-18-43(37-48)42-16-5-2-6-17-42)30-35-61(55)64(59)49-31-32-57-52(40-49)50-24-11-13-26-56(50)62(57,46-19-7-3-8-20-46)47-21-9-4-10-22-47/h2-35,37-41H,36H2,1H3. The first-order valence-corrected chi connectivity index (χ1v) is 22.6. The summed E-state index contributed by atoms with van der Waals surface area (Å²) in [5.41, 5.74) is 21.0. The molecule has 302 valence electrons. The van der Waals surface area contributed by atoms with Crippen LogP contribution in [0.3, 0.4) is 0 Å². The molecule has 2 aromatic heterocycles. The van der Waals surface area contributed by atoms with Crippen LogP contribution >= 0.6 is 0 Å². The van der Waals surface area contributed by atoms with Gasteiger partial charge in [-0.1, -0.05) is 177 Å². The van der Waals surface area contributed by atoms with Crippen LogP contribution in [0.4, 0.5) is 0 Å². The first-order chi connectivity index (χ1) is 31.6. The summed E-state index contributed by atoms with van der Waals surface area (Å²) in [7, 11) is 0. The molecule has 0 fully saturated rings. The van der Waals surface area contributed by atoms with Gasteiger partial charge in [-0.2, -0.15) is 0 Å². The summed E-state index contributed by atoms with van der Waals surface area (Å²) in [5.74, 6) is 0.460. The SMILES string of the molecule is CC1C=Cc2c(c3cc(-c4ccc5c(c4)c4ccccc4n5-c4cccc(-c5ccccc5)c4)ccc3n2-c2ccc3c(c2)-c2ccccc2C3(c2ccccc2)c2ccccc2)C1. The van der Waals surface area contributed by atoms with Gasteiger partial charge in [-0.15, -0.1) is 0 Å². The molecule has 1 atom stereocenters. The lowest BCUT2D eigenvalue weighted by atomic mass is 9.68. The van der Waals surface area contributed by atoms with Gasteiger partial charge in [0.25, 0.3) is 0 Å². The van der Waals surface area contributed by atoms with Crippen LogP contribution in [0, 0.1) is 5.92 Å². The molecule has 2 heteroatoms. The van der Waals surface area contributed by atoms with E-state index in [2.05, 4.69) is 247 Å². The Hall–Kier alpha value is -7.94. The average molecular weight is 817 g/mol. The van der Waals surface area contributed by atoms with E-state index in [1.165, 1.54) is 105 Å². The number of hydrogen-bond acceptors (Lipinski definition) is 0. The Labute approximate surface area is 373 Å². The van der Waals surface area contributed by atoms with Gasteiger partial charge in [-0.3, -0.25) is 0 Å². The Morgan fingerprint density at radius 1 is 0.406 bits per heavy atom. The van der Waals surface area contributed by atoms with Crippen LogP contribution < -0.4 is 0 Å². The molecular formula is C62H44N2. The van der Waals surface area contributed by atoms with Gasteiger partial charge in [0, 0.05) is 33.2 Å². The third kappa shape index (κ3) is 5.39. The molecule has 0 amide bonds. The smallest absolute Gasteiger partial charge is 0.0713 e. The lowest BCUT2D eigenvalue weighted by Gasteiger charge is -2.33. The minimum absolute atomic E-state index is 0.422. The second-order valence-electron chi connectivity index (χ2n) is 17.7. The summed E-state index contributed by atoms with van der Waals surface area (Å²) in [4.78, 5) is 0. The normalized spacial score (nSPS) is 14.8. The first kappa shape index (κ1) is 36.7. The maximum atomic E-state index is 2.52. The third-order valence-corrected chi connectivity index (χ3v) is 14.1. The van der Waals surface area contributed by atoms with E-state index < -0.39 is 5.41 Å². The van der Waals surface area contributed by atoms with E-state index in [1.54, 1.807) is 0 Å². The molecular weight excluding hydrogens is 773 g/mol. The molecule has 11 aromatic rings. The van der Waals surface area contributed by atoms with Gasteiger partial charge < -0.3 is 9.13 Å². The van der Waals surface area contributed by atoms with Gasteiger partial charge in [0.1, 0.15) is 0 Å². The van der Waals surface area contributed by atoms with Crippen molar-refractivity contribution in [1.82, 2.24) is 9.13 Å².